The molecular weight excluding hydrogens is 246 g/mol. The SMILES string of the molecule is CCOC(=O)C=C1CNC(=O)c2ccccc2N1N. The minimum absolute atomic E-state index is 0.169. The van der Waals surface area contributed by atoms with Crippen LogP contribution in [-0.4, -0.2) is 25.0 Å². The lowest BCUT2D eigenvalue weighted by Gasteiger charge is -2.20. The lowest BCUT2D eigenvalue weighted by atomic mass is 10.1. The molecule has 1 amide bonds. The maximum atomic E-state index is 11.9. The van der Waals surface area contributed by atoms with Crippen molar-refractivity contribution in [3.63, 3.8) is 0 Å². The highest BCUT2D eigenvalue weighted by atomic mass is 16.5. The second-order valence-corrected chi connectivity index (χ2v) is 3.96. The zero-order chi connectivity index (χ0) is 13.8. The predicted molar refractivity (Wildman–Crippen MR) is 70.2 cm³/mol. The van der Waals surface area contributed by atoms with Gasteiger partial charge in [0.15, 0.2) is 0 Å². The topological polar surface area (TPSA) is 84.7 Å². The molecule has 0 unspecified atom stereocenters. The number of ether oxygens (including phenoxy) is 1. The Morgan fingerprint density at radius 1 is 1.53 bits per heavy atom. The molecular formula is C13H15N3O3. The van der Waals surface area contributed by atoms with Crippen molar-refractivity contribution in [2.24, 2.45) is 5.84 Å². The molecule has 0 radical (unpaired) electrons. The second-order valence-electron chi connectivity index (χ2n) is 3.96. The average Bonchev–Trinajstić information content (AvgIpc) is 2.52. The van der Waals surface area contributed by atoms with Crippen LogP contribution in [0.5, 0.6) is 0 Å². The molecule has 2 rings (SSSR count). The number of esters is 1. The van der Waals surface area contributed by atoms with Crippen LogP contribution in [0.4, 0.5) is 5.69 Å². The van der Waals surface area contributed by atoms with Gasteiger partial charge >= 0.3 is 5.97 Å². The highest BCUT2D eigenvalue weighted by Crippen LogP contribution is 2.23. The molecule has 1 aliphatic rings. The third kappa shape index (κ3) is 2.74. The first-order chi connectivity index (χ1) is 9.13. The summed E-state index contributed by atoms with van der Waals surface area (Å²) in [6.45, 7) is 2.18. The van der Waals surface area contributed by atoms with E-state index in [0.29, 0.717) is 16.9 Å². The largest absolute Gasteiger partial charge is 0.463 e. The number of carbonyl (C=O) groups is 2. The standard InChI is InChI=1S/C13H15N3O3/c1-2-19-12(17)7-9-8-15-13(18)10-5-3-4-6-11(10)16(9)14/h3-7H,2,8,14H2,1H3,(H,15,18). The van der Waals surface area contributed by atoms with E-state index in [0.717, 1.165) is 0 Å². The fourth-order valence-corrected chi connectivity index (χ4v) is 1.82. The Kier molecular flexibility index (Phi) is 3.82. The minimum atomic E-state index is -0.485. The maximum Gasteiger partial charge on any atom is 0.332 e. The first-order valence-electron chi connectivity index (χ1n) is 5.93. The van der Waals surface area contributed by atoms with E-state index in [-0.39, 0.29) is 19.1 Å². The van der Waals surface area contributed by atoms with Gasteiger partial charge in [-0.1, -0.05) is 12.1 Å². The van der Waals surface area contributed by atoms with Crippen molar-refractivity contribution in [3.05, 3.63) is 41.6 Å². The van der Waals surface area contributed by atoms with Gasteiger partial charge in [-0.2, -0.15) is 0 Å². The van der Waals surface area contributed by atoms with E-state index in [1.54, 1.807) is 31.2 Å². The average molecular weight is 261 g/mol. The number of nitrogens with zero attached hydrogens (tertiary/aromatic N) is 1. The second kappa shape index (κ2) is 5.53. The molecule has 19 heavy (non-hydrogen) atoms. The molecule has 1 heterocycles. The molecule has 6 nitrogen and oxygen atoms in total. The van der Waals surface area contributed by atoms with Crippen LogP contribution in [0, 0.1) is 0 Å². The van der Waals surface area contributed by atoms with Gasteiger partial charge in [0.05, 0.1) is 30.1 Å². The molecule has 100 valence electrons. The molecule has 0 saturated carbocycles. The molecule has 6 heteroatoms. The minimum Gasteiger partial charge on any atom is -0.463 e. The number of nitrogens with one attached hydrogen (secondary N) is 1. The zero-order valence-electron chi connectivity index (χ0n) is 10.6. The number of rotatable bonds is 2. The predicted octanol–water partition coefficient (Wildman–Crippen LogP) is 0.557. The molecule has 0 atom stereocenters. The van der Waals surface area contributed by atoms with E-state index in [2.05, 4.69) is 5.32 Å². The van der Waals surface area contributed by atoms with Gasteiger partial charge in [-0.15, -0.1) is 0 Å². The molecule has 1 aromatic rings. The van der Waals surface area contributed by atoms with Gasteiger partial charge in [0.25, 0.3) is 5.91 Å². The van der Waals surface area contributed by atoms with E-state index < -0.39 is 5.97 Å². The van der Waals surface area contributed by atoms with Crippen molar-refractivity contribution in [3.8, 4) is 0 Å². The first kappa shape index (κ1) is 13.1. The smallest absolute Gasteiger partial charge is 0.332 e. The summed E-state index contributed by atoms with van der Waals surface area (Å²) in [5.41, 5.74) is 1.49. The molecule has 0 aliphatic carbocycles. The van der Waals surface area contributed by atoms with Crippen molar-refractivity contribution in [1.82, 2.24) is 5.32 Å². The number of amides is 1. The summed E-state index contributed by atoms with van der Waals surface area (Å²) in [6.07, 6.45) is 1.28. The summed E-state index contributed by atoms with van der Waals surface area (Å²) >= 11 is 0. The van der Waals surface area contributed by atoms with Gasteiger partial charge in [-0.3, -0.25) is 9.80 Å². The van der Waals surface area contributed by atoms with Crippen LogP contribution in [0.3, 0.4) is 0 Å². The Labute approximate surface area is 110 Å². The quantitative estimate of drug-likeness (QED) is 0.461. The lowest BCUT2D eigenvalue weighted by molar-refractivity contribution is -0.137. The van der Waals surface area contributed by atoms with Crippen LogP contribution in [0.15, 0.2) is 36.0 Å². The number of hydrogen-bond acceptors (Lipinski definition) is 5. The Morgan fingerprint density at radius 2 is 2.26 bits per heavy atom. The molecule has 0 spiro atoms. The van der Waals surface area contributed by atoms with Crippen LogP contribution in [0.2, 0.25) is 0 Å². The fraction of sp³-hybridized carbons (Fsp3) is 0.231. The number of nitrogens with two attached hydrogens (primary N) is 1. The summed E-state index contributed by atoms with van der Waals surface area (Å²) in [7, 11) is 0. The summed E-state index contributed by atoms with van der Waals surface area (Å²) in [5, 5.41) is 4.02. The summed E-state index contributed by atoms with van der Waals surface area (Å²) < 4.78 is 4.84. The van der Waals surface area contributed by atoms with Gasteiger partial charge in [-0.05, 0) is 19.1 Å². The van der Waals surface area contributed by atoms with Gasteiger partial charge in [0.1, 0.15) is 0 Å². The number of anilines is 1. The van der Waals surface area contributed by atoms with E-state index in [4.69, 9.17) is 10.6 Å². The highest BCUT2D eigenvalue weighted by molar-refractivity contribution is 6.01. The Morgan fingerprint density at radius 3 is 3.00 bits per heavy atom. The van der Waals surface area contributed by atoms with Crippen molar-refractivity contribution < 1.29 is 14.3 Å². The number of hydrogen-bond donors (Lipinski definition) is 2. The monoisotopic (exact) mass is 261 g/mol. The molecule has 0 bridgehead atoms. The first-order valence-corrected chi connectivity index (χ1v) is 5.93. The lowest BCUT2D eigenvalue weighted by Crippen LogP contribution is -2.34. The number of carbonyl (C=O) groups excluding carboxylic acids is 2. The van der Waals surface area contributed by atoms with Crippen molar-refractivity contribution in [1.29, 1.82) is 0 Å². The van der Waals surface area contributed by atoms with E-state index >= 15 is 0 Å². The van der Waals surface area contributed by atoms with E-state index in [1.807, 2.05) is 0 Å². The number of fused-ring (bicyclic) bond motifs is 1. The molecule has 0 saturated heterocycles. The molecule has 0 fully saturated rings. The van der Waals surface area contributed by atoms with Crippen LogP contribution in [0.25, 0.3) is 0 Å². The Hall–Kier alpha value is -2.34. The highest BCUT2D eigenvalue weighted by Gasteiger charge is 2.22. The van der Waals surface area contributed by atoms with Crippen molar-refractivity contribution in [2.75, 3.05) is 18.2 Å². The van der Waals surface area contributed by atoms with Crippen molar-refractivity contribution in [2.45, 2.75) is 6.92 Å². The van der Waals surface area contributed by atoms with Gasteiger partial charge < -0.3 is 10.1 Å². The molecule has 1 aliphatic heterocycles. The zero-order valence-corrected chi connectivity index (χ0v) is 10.6. The van der Waals surface area contributed by atoms with Crippen LogP contribution in [-0.2, 0) is 9.53 Å². The summed E-state index contributed by atoms with van der Waals surface area (Å²) in [6, 6.07) is 6.93. The van der Waals surface area contributed by atoms with Crippen LogP contribution in [0.1, 0.15) is 17.3 Å². The van der Waals surface area contributed by atoms with Crippen LogP contribution < -0.4 is 16.2 Å². The molecule has 3 N–H and O–H groups in total. The molecule has 0 aromatic heterocycles. The molecule has 1 aromatic carbocycles. The third-order valence-electron chi connectivity index (χ3n) is 2.72. The van der Waals surface area contributed by atoms with Gasteiger partial charge in [0.2, 0.25) is 0 Å². The normalized spacial score (nSPS) is 16.6. The van der Waals surface area contributed by atoms with E-state index in [9.17, 15) is 9.59 Å². The van der Waals surface area contributed by atoms with Crippen LogP contribution >= 0.6 is 0 Å². The Bertz CT molecular complexity index is 540. The van der Waals surface area contributed by atoms with Gasteiger partial charge in [-0.25, -0.2) is 10.6 Å². The third-order valence-corrected chi connectivity index (χ3v) is 2.72. The van der Waals surface area contributed by atoms with Gasteiger partial charge in [0, 0.05) is 6.08 Å². The number of para-hydroxylation sites is 1. The number of hydrazine groups is 1. The summed E-state index contributed by atoms with van der Waals surface area (Å²) in [4.78, 5) is 23.3. The fourth-order valence-electron chi connectivity index (χ4n) is 1.82. The number of benzene rings is 1. The van der Waals surface area contributed by atoms with Crippen molar-refractivity contribution >= 4 is 17.6 Å². The summed E-state index contributed by atoms with van der Waals surface area (Å²) in [5.74, 6) is 5.25. The van der Waals surface area contributed by atoms with E-state index in [1.165, 1.54) is 11.1 Å². The Balaban J connectivity index is 2.36. The maximum absolute atomic E-state index is 11.9.